The molecule has 0 radical (unpaired) electrons. The average Bonchev–Trinajstić information content (AvgIpc) is 3.06. The van der Waals surface area contributed by atoms with E-state index in [4.69, 9.17) is 0 Å². The molecule has 1 aliphatic rings. The fourth-order valence-corrected chi connectivity index (χ4v) is 3.35. The van der Waals surface area contributed by atoms with Crippen LogP contribution in [0.25, 0.3) is 0 Å². The van der Waals surface area contributed by atoms with E-state index in [0.717, 1.165) is 18.4 Å². The molecule has 1 atom stereocenters. The number of benzene rings is 2. The fourth-order valence-electron chi connectivity index (χ4n) is 3.35. The van der Waals surface area contributed by atoms with E-state index in [1.165, 1.54) is 12.1 Å². The Hall–Kier alpha value is -2.89. The predicted octanol–water partition coefficient (Wildman–Crippen LogP) is 3.94. The van der Waals surface area contributed by atoms with E-state index in [-0.39, 0.29) is 30.2 Å². The van der Waals surface area contributed by atoms with Gasteiger partial charge in [-0.2, -0.15) is 0 Å². The highest BCUT2D eigenvalue weighted by atomic mass is 19.1. The Labute approximate surface area is 165 Å². The summed E-state index contributed by atoms with van der Waals surface area (Å²) in [5.74, 6) is -0.409. The van der Waals surface area contributed by atoms with Gasteiger partial charge in [-0.15, -0.1) is 0 Å². The number of amides is 3. The molecule has 1 saturated heterocycles. The van der Waals surface area contributed by atoms with E-state index in [9.17, 15) is 14.0 Å². The molecule has 1 aliphatic heterocycles. The van der Waals surface area contributed by atoms with Crippen LogP contribution in [0.4, 0.5) is 14.9 Å². The number of rotatable bonds is 7. The molecule has 0 spiro atoms. The molecule has 0 unspecified atom stereocenters. The standard InChI is InChI=1S/C22H26FN3O2/c1-2-3-13-25(15-17-7-5-4-6-8-17)22(28)24-19-14-21(27)26(16-19)20-11-9-18(23)10-12-20/h4-12,19H,2-3,13-16H2,1H3,(H,24,28)/t19-/m0/s1. The van der Waals surface area contributed by atoms with E-state index < -0.39 is 0 Å². The smallest absolute Gasteiger partial charge is 0.317 e. The van der Waals surface area contributed by atoms with Crippen molar-refractivity contribution < 1.29 is 14.0 Å². The molecule has 2 aromatic rings. The molecule has 0 saturated carbocycles. The monoisotopic (exact) mass is 383 g/mol. The maximum atomic E-state index is 13.1. The van der Waals surface area contributed by atoms with Crippen molar-refractivity contribution in [2.45, 2.75) is 38.8 Å². The Kier molecular flexibility index (Phi) is 6.63. The maximum absolute atomic E-state index is 13.1. The zero-order chi connectivity index (χ0) is 19.9. The molecule has 5 nitrogen and oxygen atoms in total. The number of halogens is 1. The first kappa shape index (κ1) is 19.9. The second kappa shape index (κ2) is 9.35. The Morgan fingerprint density at radius 3 is 2.57 bits per heavy atom. The van der Waals surface area contributed by atoms with Crippen molar-refractivity contribution in [2.75, 3.05) is 18.0 Å². The molecule has 3 rings (SSSR count). The third-order valence-electron chi connectivity index (χ3n) is 4.88. The summed E-state index contributed by atoms with van der Waals surface area (Å²) in [6.45, 7) is 3.69. The number of nitrogens with one attached hydrogen (secondary N) is 1. The molecular weight excluding hydrogens is 357 g/mol. The Bertz CT molecular complexity index is 795. The first-order valence-electron chi connectivity index (χ1n) is 9.72. The van der Waals surface area contributed by atoms with Gasteiger partial charge in [0.15, 0.2) is 0 Å². The number of hydrogen-bond acceptors (Lipinski definition) is 2. The van der Waals surface area contributed by atoms with Gasteiger partial charge in [0.05, 0.1) is 6.04 Å². The van der Waals surface area contributed by atoms with E-state index in [1.807, 2.05) is 30.3 Å². The molecule has 1 N–H and O–H groups in total. The molecule has 1 fully saturated rings. The summed E-state index contributed by atoms with van der Waals surface area (Å²) in [4.78, 5) is 28.6. The molecule has 2 aromatic carbocycles. The van der Waals surface area contributed by atoms with Gasteiger partial charge in [-0.1, -0.05) is 43.7 Å². The van der Waals surface area contributed by atoms with Crippen LogP contribution >= 0.6 is 0 Å². The zero-order valence-corrected chi connectivity index (χ0v) is 16.1. The predicted molar refractivity (Wildman–Crippen MR) is 107 cm³/mol. The Balaban J connectivity index is 1.62. The lowest BCUT2D eigenvalue weighted by Crippen LogP contribution is -2.45. The molecule has 28 heavy (non-hydrogen) atoms. The minimum atomic E-state index is -0.340. The van der Waals surface area contributed by atoms with Crippen molar-refractivity contribution in [2.24, 2.45) is 0 Å². The lowest BCUT2D eigenvalue weighted by atomic mass is 10.2. The molecule has 3 amide bonds. The summed E-state index contributed by atoms with van der Waals surface area (Å²) in [6, 6.07) is 15.3. The third kappa shape index (κ3) is 5.09. The van der Waals surface area contributed by atoms with Crippen LogP contribution in [-0.2, 0) is 11.3 Å². The molecule has 148 valence electrons. The van der Waals surface area contributed by atoms with Gasteiger partial charge in [0.1, 0.15) is 5.82 Å². The molecule has 0 aromatic heterocycles. The van der Waals surface area contributed by atoms with Gasteiger partial charge in [0.25, 0.3) is 0 Å². The van der Waals surface area contributed by atoms with Crippen LogP contribution in [0.5, 0.6) is 0 Å². The Morgan fingerprint density at radius 2 is 1.89 bits per heavy atom. The number of hydrogen-bond donors (Lipinski definition) is 1. The highest BCUT2D eigenvalue weighted by molar-refractivity contribution is 5.96. The largest absolute Gasteiger partial charge is 0.333 e. The van der Waals surface area contributed by atoms with Crippen molar-refractivity contribution in [3.05, 3.63) is 66.0 Å². The summed E-state index contributed by atoms with van der Waals surface area (Å²) >= 11 is 0. The van der Waals surface area contributed by atoms with Gasteiger partial charge in [-0.3, -0.25) is 4.79 Å². The van der Waals surface area contributed by atoms with Crippen LogP contribution < -0.4 is 10.2 Å². The molecule has 1 heterocycles. The van der Waals surface area contributed by atoms with E-state index >= 15 is 0 Å². The summed E-state index contributed by atoms with van der Waals surface area (Å²) in [6.07, 6.45) is 2.17. The van der Waals surface area contributed by atoms with Crippen LogP contribution in [0.2, 0.25) is 0 Å². The van der Waals surface area contributed by atoms with Crippen molar-refractivity contribution in [3.63, 3.8) is 0 Å². The van der Waals surface area contributed by atoms with Gasteiger partial charge in [0, 0.05) is 31.7 Å². The summed E-state index contributed by atoms with van der Waals surface area (Å²) in [7, 11) is 0. The molecule has 0 aliphatic carbocycles. The second-order valence-electron chi connectivity index (χ2n) is 7.09. The summed E-state index contributed by atoms with van der Waals surface area (Å²) in [5.41, 5.74) is 1.72. The van der Waals surface area contributed by atoms with Crippen LogP contribution in [-0.4, -0.2) is 36.0 Å². The van der Waals surface area contributed by atoms with Gasteiger partial charge in [0.2, 0.25) is 5.91 Å². The van der Waals surface area contributed by atoms with E-state index in [0.29, 0.717) is 25.3 Å². The highest BCUT2D eigenvalue weighted by Gasteiger charge is 2.32. The van der Waals surface area contributed by atoms with Crippen LogP contribution in [0.3, 0.4) is 0 Å². The van der Waals surface area contributed by atoms with Gasteiger partial charge < -0.3 is 15.1 Å². The first-order chi connectivity index (χ1) is 13.6. The number of carbonyl (C=O) groups excluding carboxylic acids is 2. The van der Waals surface area contributed by atoms with E-state index in [2.05, 4.69) is 12.2 Å². The SMILES string of the molecule is CCCCN(Cc1ccccc1)C(=O)N[C@H]1CC(=O)N(c2ccc(F)cc2)C1. The quantitative estimate of drug-likeness (QED) is 0.787. The number of carbonyl (C=O) groups is 2. The highest BCUT2D eigenvalue weighted by Crippen LogP contribution is 2.22. The second-order valence-corrected chi connectivity index (χ2v) is 7.09. The fraction of sp³-hybridized carbons (Fsp3) is 0.364. The number of anilines is 1. The minimum absolute atomic E-state index is 0.0694. The van der Waals surface area contributed by atoms with Crippen molar-refractivity contribution >= 4 is 17.6 Å². The first-order valence-corrected chi connectivity index (χ1v) is 9.72. The molecule has 6 heteroatoms. The van der Waals surface area contributed by atoms with Gasteiger partial charge >= 0.3 is 6.03 Å². The zero-order valence-electron chi connectivity index (χ0n) is 16.1. The minimum Gasteiger partial charge on any atom is -0.333 e. The lowest BCUT2D eigenvalue weighted by molar-refractivity contribution is -0.117. The van der Waals surface area contributed by atoms with Gasteiger partial charge in [-0.05, 0) is 36.2 Å². The van der Waals surface area contributed by atoms with Crippen molar-refractivity contribution in [1.82, 2.24) is 10.2 Å². The third-order valence-corrected chi connectivity index (χ3v) is 4.88. The molecular formula is C22H26FN3O2. The maximum Gasteiger partial charge on any atom is 0.317 e. The summed E-state index contributed by atoms with van der Waals surface area (Å²) < 4.78 is 13.1. The lowest BCUT2D eigenvalue weighted by Gasteiger charge is -2.25. The van der Waals surface area contributed by atoms with Crippen LogP contribution in [0.1, 0.15) is 31.7 Å². The van der Waals surface area contributed by atoms with Crippen LogP contribution in [0, 0.1) is 5.82 Å². The average molecular weight is 383 g/mol. The summed E-state index contributed by atoms with van der Waals surface area (Å²) in [5, 5.41) is 3.00. The number of unbranched alkanes of at least 4 members (excludes halogenated alkanes) is 1. The number of urea groups is 1. The van der Waals surface area contributed by atoms with Gasteiger partial charge in [-0.25, -0.2) is 9.18 Å². The van der Waals surface area contributed by atoms with Crippen molar-refractivity contribution in [1.29, 1.82) is 0 Å². The van der Waals surface area contributed by atoms with Crippen LogP contribution in [0.15, 0.2) is 54.6 Å². The molecule has 0 bridgehead atoms. The normalized spacial score (nSPS) is 16.3. The van der Waals surface area contributed by atoms with Crippen molar-refractivity contribution in [3.8, 4) is 0 Å². The Morgan fingerprint density at radius 1 is 1.18 bits per heavy atom. The topological polar surface area (TPSA) is 52.7 Å². The number of nitrogens with zero attached hydrogens (tertiary/aromatic N) is 2. The van der Waals surface area contributed by atoms with E-state index in [1.54, 1.807) is 21.9 Å².